The minimum absolute atomic E-state index is 0.0936. The molecule has 0 aliphatic heterocycles. The molecule has 0 fully saturated rings. The smallest absolute Gasteiger partial charge is 0.407 e. The summed E-state index contributed by atoms with van der Waals surface area (Å²) in [6, 6.07) is 6.42. The van der Waals surface area contributed by atoms with Gasteiger partial charge >= 0.3 is 12.1 Å². The average Bonchev–Trinajstić information content (AvgIpc) is 2.80. The highest BCUT2D eigenvalue weighted by atomic mass is 32.2. The number of carbonyl (C=O) groups is 4. The van der Waals surface area contributed by atoms with Crippen LogP contribution in [0.25, 0.3) is 0 Å². The molecule has 0 saturated carbocycles. The van der Waals surface area contributed by atoms with E-state index in [1.54, 1.807) is 40.0 Å². The number of hydrogen-bond donors (Lipinski definition) is 2. The van der Waals surface area contributed by atoms with Gasteiger partial charge in [-0.3, -0.25) is 9.59 Å². The molecule has 1 aromatic rings. The van der Waals surface area contributed by atoms with Crippen molar-refractivity contribution in [2.45, 2.75) is 79.1 Å². The van der Waals surface area contributed by atoms with Crippen LogP contribution >= 0.6 is 11.8 Å². The lowest BCUT2D eigenvalue weighted by Crippen LogP contribution is -2.47. The molecular formula is C27H42N2O7S. The van der Waals surface area contributed by atoms with E-state index in [0.717, 1.165) is 23.1 Å². The van der Waals surface area contributed by atoms with Crippen molar-refractivity contribution in [3.05, 3.63) is 29.8 Å². The molecule has 9 nitrogen and oxygen atoms in total. The Kier molecular flexibility index (Phi) is 14.1. The van der Waals surface area contributed by atoms with Crippen LogP contribution in [0.15, 0.2) is 24.3 Å². The van der Waals surface area contributed by atoms with Gasteiger partial charge in [0.1, 0.15) is 24.0 Å². The third kappa shape index (κ3) is 14.5. The summed E-state index contributed by atoms with van der Waals surface area (Å²) < 4.78 is 15.8. The van der Waals surface area contributed by atoms with Crippen molar-refractivity contribution in [1.82, 2.24) is 10.6 Å². The van der Waals surface area contributed by atoms with E-state index in [4.69, 9.17) is 14.2 Å². The summed E-state index contributed by atoms with van der Waals surface area (Å²) in [6.45, 7) is 11.1. The van der Waals surface area contributed by atoms with Crippen molar-refractivity contribution in [3.63, 3.8) is 0 Å². The highest BCUT2D eigenvalue weighted by molar-refractivity contribution is 8.13. The number of esters is 1. The van der Waals surface area contributed by atoms with Gasteiger partial charge in [-0.2, -0.15) is 0 Å². The Bertz CT molecular complexity index is 882. The van der Waals surface area contributed by atoms with Crippen molar-refractivity contribution < 1.29 is 33.4 Å². The molecule has 0 aliphatic carbocycles. The molecule has 1 aromatic carbocycles. The molecule has 0 aromatic heterocycles. The molecule has 0 saturated heterocycles. The van der Waals surface area contributed by atoms with Gasteiger partial charge in [0.2, 0.25) is 5.91 Å². The maximum atomic E-state index is 13.1. The van der Waals surface area contributed by atoms with E-state index in [1.807, 2.05) is 26.0 Å². The third-order valence-corrected chi connectivity index (χ3v) is 6.08. The number of methoxy groups -OCH3 is 1. The number of carbonyl (C=O) groups excluding carboxylic acids is 4. The van der Waals surface area contributed by atoms with E-state index in [-0.39, 0.29) is 29.3 Å². The normalized spacial score (nSPS) is 12.9. The van der Waals surface area contributed by atoms with Crippen LogP contribution in [0, 0.1) is 11.8 Å². The lowest BCUT2D eigenvalue weighted by molar-refractivity contribution is -0.159. The van der Waals surface area contributed by atoms with Gasteiger partial charge in [0.05, 0.1) is 7.11 Å². The predicted molar refractivity (Wildman–Crippen MR) is 144 cm³/mol. The fraction of sp³-hybridized carbons (Fsp3) is 0.630. The molecule has 1 unspecified atom stereocenters. The highest BCUT2D eigenvalue weighted by Crippen LogP contribution is 2.18. The van der Waals surface area contributed by atoms with E-state index in [9.17, 15) is 19.2 Å². The summed E-state index contributed by atoms with van der Waals surface area (Å²) in [6.07, 6.45) is 0.801. The molecule has 0 aliphatic rings. The predicted octanol–water partition coefficient (Wildman–Crippen LogP) is 4.47. The quantitative estimate of drug-likeness (QED) is 0.263. The standard InChI is InChI=1S/C27H42N2O7S/c1-18(2)15-23(25(32)36-27(4,5)6)29-24(31)21(17-37-19(3)30)9-8-14-28-26(33)35-16-20-10-12-22(34-7)13-11-20/h10-13,18,21,23H,8-9,14-17H2,1-7H3,(H,28,33)(H,29,31)/t21?,23-/m0/s1. The topological polar surface area (TPSA) is 120 Å². The number of rotatable bonds is 14. The zero-order valence-corrected chi connectivity index (χ0v) is 23.9. The number of benzene rings is 1. The van der Waals surface area contributed by atoms with Crippen LogP contribution in [0.5, 0.6) is 5.75 Å². The summed E-state index contributed by atoms with van der Waals surface area (Å²) in [4.78, 5) is 49.3. The average molecular weight is 539 g/mol. The number of nitrogens with one attached hydrogen (secondary N) is 2. The fourth-order valence-electron chi connectivity index (χ4n) is 3.32. The number of ether oxygens (including phenoxy) is 3. The second-order valence-corrected chi connectivity index (χ2v) is 11.4. The Morgan fingerprint density at radius 3 is 2.24 bits per heavy atom. The molecule has 2 N–H and O–H groups in total. The summed E-state index contributed by atoms with van der Waals surface area (Å²) in [5, 5.41) is 5.42. The molecule has 10 heteroatoms. The monoisotopic (exact) mass is 538 g/mol. The Balaban J connectivity index is 2.62. The first-order valence-corrected chi connectivity index (χ1v) is 13.5. The maximum absolute atomic E-state index is 13.1. The van der Waals surface area contributed by atoms with E-state index < -0.39 is 29.6 Å². The fourth-order valence-corrected chi connectivity index (χ4v) is 4.07. The number of alkyl carbamates (subject to hydrolysis) is 1. The minimum Gasteiger partial charge on any atom is -0.497 e. The molecule has 1 rings (SSSR count). The molecule has 0 heterocycles. The van der Waals surface area contributed by atoms with E-state index >= 15 is 0 Å². The van der Waals surface area contributed by atoms with Crippen molar-refractivity contribution >= 4 is 34.8 Å². The molecule has 0 radical (unpaired) electrons. The van der Waals surface area contributed by atoms with Crippen LogP contribution in [-0.2, 0) is 30.5 Å². The first-order valence-electron chi connectivity index (χ1n) is 12.5. The van der Waals surface area contributed by atoms with Crippen LogP contribution in [0.1, 0.15) is 66.4 Å². The zero-order valence-electron chi connectivity index (χ0n) is 23.1. The number of amides is 2. The number of hydrogen-bond acceptors (Lipinski definition) is 8. The van der Waals surface area contributed by atoms with Crippen LogP contribution in [-0.4, -0.2) is 54.1 Å². The van der Waals surface area contributed by atoms with Gasteiger partial charge < -0.3 is 24.8 Å². The summed E-state index contributed by atoms with van der Waals surface area (Å²) >= 11 is 1.06. The van der Waals surface area contributed by atoms with Crippen molar-refractivity contribution in [1.29, 1.82) is 0 Å². The molecule has 0 bridgehead atoms. The van der Waals surface area contributed by atoms with Gasteiger partial charge in [0.15, 0.2) is 5.12 Å². The van der Waals surface area contributed by atoms with Crippen molar-refractivity contribution in [2.24, 2.45) is 11.8 Å². The molecule has 208 valence electrons. The van der Waals surface area contributed by atoms with Crippen LogP contribution in [0.2, 0.25) is 0 Å². The summed E-state index contributed by atoms with van der Waals surface area (Å²) in [7, 11) is 1.58. The molecular weight excluding hydrogens is 496 g/mol. The van der Waals surface area contributed by atoms with Crippen LogP contribution < -0.4 is 15.4 Å². The number of thioether (sulfide) groups is 1. The van der Waals surface area contributed by atoms with Gasteiger partial charge in [-0.05, 0) is 63.6 Å². The lowest BCUT2D eigenvalue weighted by atomic mass is 10.0. The first kappa shape index (κ1) is 32.3. The molecule has 2 atom stereocenters. The Morgan fingerprint density at radius 1 is 1.05 bits per heavy atom. The van der Waals surface area contributed by atoms with Gasteiger partial charge in [0, 0.05) is 25.1 Å². The SMILES string of the molecule is COc1ccc(COC(=O)NCCCC(CSC(C)=O)C(=O)N[C@@H](CC(C)C)C(=O)OC(C)(C)C)cc1. The minimum atomic E-state index is -0.775. The highest BCUT2D eigenvalue weighted by Gasteiger charge is 2.30. The van der Waals surface area contributed by atoms with Crippen LogP contribution in [0.4, 0.5) is 4.79 Å². The van der Waals surface area contributed by atoms with E-state index in [1.165, 1.54) is 6.92 Å². The van der Waals surface area contributed by atoms with Gasteiger partial charge in [-0.25, -0.2) is 9.59 Å². The Labute approximate surface area is 224 Å². The van der Waals surface area contributed by atoms with Crippen molar-refractivity contribution in [2.75, 3.05) is 19.4 Å². The lowest BCUT2D eigenvalue weighted by Gasteiger charge is -2.27. The molecule has 2 amide bonds. The zero-order chi connectivity index (χ0) is 28.0. The van der Waals surface area contributed by atoms with Crippen molar-refractivity contribution in [3.8, 4) is 5.75 Å². The van der Waals surface area contributed by atoms with E-state index in [0.29, 0.717) is 25.8 Å². The summed E-state index contributed by atoms with van der Waals surface area (Å²) in [5.74, 6) is -0.136. The second kappa shape index (κ2) is 16.2. The largest absolute Gasteiger partial charge is 0.497 e. The first-order chi connectivity index (χ1) is 17.3. The Hall–Kier alpha value is -2.75. The summed E-state index contributed by atoms with van der Waals surface area (Å²) in [5.41, 5.74) is 0.157. The van der Waals surface area contributed by atoms with Gasteiger partial charge in [0.25, 0.3) is 0 Å². The molecule has 37 heavy (non-hydrogen) atoms. The van der Waals surface area contributed by atoms with Crippen LogP contribution in [0.3, 0.4) is 0 Å². The second-order valence-electron chi connectivity index (χ2n) is 10.2. The van der Waals surface area contributed by atoms with E-state index in [2.05, 4.69) is 10.6 Å². The third-order valence-electron chi connectivity index (χ3n) is 5.10. The maximum Gasteiger partial charge on any atom is 0.407 e. The molecule has 0 spiro atoms. The van der Waals surface area contributed by atoms with Gasteiger partial charge in [-0.1, -0.05) is 37.7 Å². The van der Waals surface area contributed by atoms with Gasteiger partial charge in [-0.15, -0.1) is 0 Å². The Morgan fingerprint density at radius 2 is 1.70 bits per heavy atom.